The number of aliphatic carboxylic acids is 1. The summed E-state index contributed by atoms with van der Waals surface area (Å²) in [4.78, 5) is 13.3. The number of likely N-dealkylation sites (tertiary alicyclic amines) is 1. The Morgan fingerprint density at radius 1 is 0.542 bits per heavy atom. The first kappa shape index (κ1) is 44.3. The fourth-order valence-electron chi connectivity index (χ4n) is 6.22. The molecule has 0 saturated carbocycles. The molecule has 48 heavy (non-hydrogen) atoms. The Morgan fingerprint density at radius 2 is 0.896 bits per heavy atom. The Morgan fingerprint density at radius 3 is 1.27 bits per heavy atom. The molecule has 0 amide bonds. The molecule has 1 N–H and O–H groups in total. The minimum Gasteiger partial charge on any atom is -0.481 e. The van der Waals surface area contributed by atoms with Gasteiger partial charge in [-0.15, -0.1) is 0 Å². The van der Waals surface area contributed by atoms with Crippen LogP contribution in [0.15, 0.2) is 48.6 Å². The summed E-state index contributed by atoms with van der Waals surface area (Å²) >= 11 is 0. The van der Waals surface area contributed by atoms with E-state index in [0.717, 1.165) is 52.0 Å². The first-order valence-electron chi connectivity index (χ1n) is 20.4. The third-order valence-corrected chi connectivity index (χ3v) is 9.29. The van der Waals surface area contributed by atoms with Crippen LogP contribution in [0.5, 0.6) is 0 Å². The topological polar surface area (TPSA) is 59.0 Å². The van der Waals surface area contributed by atoms with Crippen molar-refractivity contribution < 1.29 is 19.4 Å². The molecule has 1 rings (SSSR count). The van der Waals surface area contributed by atoms with Crippen molar-refractivity contribution >= 4 is 5.97 Å². The molecule has 0 radical (unpaired) electrons. The third-order valence-electron chi connectivity index (χ3n) is 9.29. The van der Waals surface area contributed by atoms with Gasteiger partial charge in [-0.3, -0.25) is 9.69 Å². The summed E-state index contributed by atoms with van der Waals surface area (Å²) in [5.41, 5.74) is 0. The minimum atomic E-state index is -0.737. The fourth-order valence-corrected chi connectivity index (χ4v) is 6.22. The Hall–Kier alpha value is -1.69. The van der Waals surface area contributed by atoms with Crippen LogP contribution < -0.4 is 0 Å². The number of ether oxygens (including phenoxy) is 2. The van der Waals surface area contributed by atoms with Gasteiger partial charge in [0.2, 0.25) is 0 Å². The number of hydrogen-bond donors (Lipinski definition) is 1. The SMILES string of the molecule is CCCCCC=CCC=CCCCCCCCCO[C@@H]1CN(CCC(=O)O)C[C@H]1OCCCCCCCCC=CCC=CCCCCC. The van der Waals surface area contributed by atoms with E-state index in [1.807, 2.05) is 0 Å². The molecule has 0 spiro atoms. The van der Waals surface area contributed by atoms with Gasteiger partial charge in [0.05, 0.1) is 18.6 Å². The van der Waals surface area contributed by atoms with Crippen LogP contribution in [0.25, 0.3) is 0 Å². The average molecular weight is 672 g/mol. The van der Waals surface area contributed by atoms with E-state index in [4.69, 9.17) is 14.6 Å². The Balaban J connectivity index is 2.08. The quantitative estimate of drug-likeness (QED) is 0.0537. The molecule has 5 nitrogen and oxygen atoms in total. The lowest BCUT2D eigenvalue weighted by Crippen LogP contribution is -2.30. The first-order chi connectivity index (χ1) is 23.7. The van der Waals surface area contributed by atoms with Crippen LogP contribution in [0.4, 0.5) is 0 Å². The van der Waals surface area contributed by atoms with Gasteiger partial charge in [-0.05, 0) is 77.0 Å². The van der Waals surface area contributed by atoms with Crippen molar-refractivity contribution in [2.75, 3.05) is 32.8 Å². The van der Waals surface area contributed by atoms with Gasteiger partial charge in [0.15, 0.2) is 0 Å². The maximum Gasteiger partial charge on any atom is 0.304 e. The number of carboxylic acids is 1. The van der Waals surface area contributed by atoms with Crippen LogP contribution in [0.1, 0.15) is 174 Å². The molecule has 0 aromatic heterocycles. The molecule has 1 heterocycles. The molecule has 1 fully saturated rings. The van der Waals surface area contributed by atoms with Crippen LogP contribution in [0.2, 0.25) is 0 Å². The van der Waals surface area contributed by atoms with Crippen molar-refractivity contribution in [2.24, 2.45) is 0 Å². The molecule has 278 valence electrons. The van der Waals surface area contributed by atoms with Crippen LogP contribution in [-0.4, -0.2) is 61.0 Å². The highest BCUT2D eigenvalue weighted by molar-refractivity contribution is 5.66. The van der Waals surface area contributed by atoms with Crippen molar-refractivity contribution in [1.82, 2.24) is 4.90 Å². The van der Waals surface area contributed by atoms with E-state index in [-0.39, 0.29) is 18.6 Å². The summed E-state index contributed by atoms with van der Waals surface area (Å²) in [7, 11) is 0. The summed E-state index contributed by atoms with van der Waals surface area (Å²) in [6, 6.07) is 0. The molecule has 1 aliphatic heterocycles. The number of unbranched alkanes of at least 4 members (excludes halogenated alkanes) is 18. The van der Waals surface area contributed by atoms with Crippen molar-refractivity contribution in [1.29, 1.82) is 0 Å². The Labute approximate surface area is 297 Å². The van der Waals surface area contributed by atoms with E-state index in [9.17, 15) is 4.79 Å². The molecule has 0 aromatic rings. The summed E-state index contributed by atoms with van der Waals surface area (Å²) in [5.74, 6) is -0.737. The van der Waals surface area contributed by atoms with Crippen LogP contribution >= 0.6 is 0 Å². The predicted octanol–water partition coefficient (Wildman–Crippen LogP) is 12.2. The number of allylic oxidation sites excluding steroid dienone is 8. The van der Waals surface area contributed by atoms with E-state index >= 15 is 0 Å². The second-order valence-corrected chi connectivity index (χ2v) is 13.9. The van der Waals surface area contributed by atoms with Crippen molar-refractivity contribution in [3.05, 3.63) is 48.6 Å². The van der Waals surface area contributed by atoms with E-state index in [2.05, 4.69) is 67.4 Å². The van der Waals surface area contributed by atoms with Crippen molar-refractivity contribution in [2.45, 2.75) is 187 Å². The van der Waals surface area contributed by atoms with Gasteiger partial charge >= 0.3 is 5.97 Å². The summed E-state index contributed by atoms with van der Waals surface area (Å²) < 4.78 is 12.6. The zero-order valence-electron chi connectivity index (χ0n) is 31.6. The van der Waals surface area contributed by atoms with Crippen LogP contribution in [0, 0.1) is 0 Å². The minimum absolute atomic E-state index is 0.0568. The normalized spacial score (nSPS) is 17.4. The molecule has 0 unspecified atom stereocenters. The van der Waals surface area contributed by atoms with E-state index in [1.165, 1.54) is 128 Å². The summed E-state index contributed by atoms with van der Waals surface area (Å²) in [5, 5.41) is 9.14. The fraction of sp³-hybridized carbons (Fsp3) is 0.791. The number of carboxylic acid groups (broad SMARTS) is 1. The number of rotatable bonds is 35. The molecule has 2 atom stereocenters. The van der Waals surface area contributed by atoms with Gasteiger partial charge in [-0.2, -0.15) is 0 Å². The number of carbonyl (C=O) groups is 1. The van der Waals surface area contributed by atoms with E-state index in [1.54, 1.807) is 0 Å². The maximum atomic E-state index is 11.1. The first-order valence-corrected chi connectivity index (χ1v) is 20.4. The van der Waals surface area contributed by atoms with Gasteiger partial charge < -0.3 is 14.6 Å². The predicted molar refractivity (Wildman–Crippen MR) is 207 cm³/mol. The lowest BCUT2D eigenvalue weighted by molar-refractivity contribution is -0.137. The molecular weight excluding hydrogens is 594 g/mol. The maximum absolute atomic E-state index is 11.1. The van der Waals surface area contributed by atoms with Gasteiger partial charge in [-0.1, -0.05) is 140 Å². The molecule has 0 bridgehead atoms. The molecule has 0 aromatic carbocycles. The lowest BCUT2D eigenvalue weighted by atomic mass is 10.1. The zero-order valence-corrected chi connectivity index (χ0v) is 31.6. The monoisotopic (exact) mass is 672 g/mol. The van der Waals surface area contributed by atoms with Crippen molar-refractivity contribution in [3.63, 3.8) is 0 Å². The van der Waals surface area contributed by atoms with Gasteiger partial charge in [0.1, 0.15) is 0 Å². The standard InChI is InChI=1S/C43H77NO4/c1-3-5-7-9-11-13-15-17-19-21-23-25-27-29-31-33-37-47-41-39-44(36-35-43(45)46)40-42(41)48-38-34-32-30-28-26-24-22-20-18-16-14-12-10-8-6-4-2/h11-14,17-20,41-42H,3-10,15-16,21-40H2,1-2H3,(H,45,46)/t41-,42-/m1/s1. The van der Waals surface area contributed by atoms with E-state index < -0.39 is 5.97 Å². The van der Waals surface area contributed by atoms with Gasteiger partial charge in [-0.25, -0.2) is 0 Å². The smallest absolute Gasteiger partial charge is 0.304 e. The average Bonchev–Trinajstić information content (AvgIpc) is 3.48. The molecule has 1 saturated heterocycles. The zero-order chi connectivity index (χ0) is 34.6. The number of nitrogens with zero attached hydrogens (tertiary/aromatic N) is 1. The summed E-state index contributed by atoms with van der Waals surface area (Å²) in [6.45, 7) is 8.20. The Kier molecular flexibility index (Phi) is 32.5. The third kappa shape index (κ3) is 29.2. The highest BCUT2D eigenvalue weighted by atomic mass is 16.5. The van der Waals surface area contributed by atoms with Crippen LogP contribution in [0.3, 0.4) is 0 Å². The molecule has 1 aliphatic rings. The van der Waals surface area contributed by atoms with Gasteiger partial charge in [0.25, 0.3) is 0 Å². The Bertz CT molecular complexity index is 762. The summed E-state index contributed by atoms with van der Waals surface area (Å²) in [6.07, 6.45) is 48.8. The highest BCUT2D eigenvalue weighted by Gasteiger charge is 2.34. The second kappa shape index (κ2) is 35.1. The van der Waals surface area contributed by atoms with Crippen molar-refractivity contribution in [3.8, 4) is 0 Å². The largest absolute Gasteiger partial charge is 0.481 e. The number of hydrogen-bond acceptors (Lipinski definition) is 4. The van der Waals surface area contributed by atoms with E-state index in [0.29, 0.717) is 6.54 Å². The molecule has 0 aliphatic carbocycles. The lowest BCUT2D eigenvalue weighted by Gasteiger charge is -2.20. The van der Waals surface area contributed by atoms with Crippen LogP contribution in [-0.2, 0) is 14.3 Å². The molecule has 5 heteroatoms. The second-order valence-electron chi connectivity index (χ2n) is 13.9. The molecular formula is C43H77NO4. The van der Waals surface area contributed by atoms with Gasteiger partial charge in [0, 0.05) is 32.8 Å². The highest BCUT2D eigenvalue weighted by Crippen LogP contribution is 2.19.